The van der Waals surface area contributed by atoms with E-state index in [1.165, 1.54) is 4.31 Å². The lowest BCUT2D eigenvalue weighted by atomic mass is 10.0. The zero-order valence-corrected chi connectivity index (χ0v) is 14.6. The molecule has 0 aromatic carbocycles. The minimum absolute atomic E-state index is 0.179. The van der Waals surface area contributed by atoms with Crippen LogP contribution in [0.15, 0.2) is 21.6 Å². The van der Waals surface area contributed by atoms with Crippen molar-refractivity contribution in [2.75, 3.05) is 39.2 Å². The van der Waals surface area contributed by atoms with E-state index in [1.54, 1.807) is 26.4 Å². The highest BCUT2D eigenvalue weighted by molar-refractivity contribution is 9.10. The maximum Gasteiger partial charge on any atom is 0.246 e. The molecule has 1 fully saturated rings. The summed E-state index contributed by atoms with van der Waals surface area (Å²) in [5.41, 5.74) is 0. The molecule has 6 nitrogen and oxygen atoms in total. The van der Waals surface area contributed by atoms with Crippen molar-refractivity contribution < 1.29 is 13.2 Å². The fourth-order valence-electron chi connectivity index (χ4n) is 2.39. The van der Waals surface area contributed by atoms with Crippen molar-refractivity contribution in [2.45, 2.75) is 17.7 Å². The molecule has 0 aliphatic carbocycles. The number of hydrogen-bond acceptors (Lipinski definition) is 5. The van der Waals surface area contributed by atoms with Crippen LogP contribution >= 0.6 is 15.9 Å². The Hall–Kier alpha value is -0.700. The van der Waals surface area contributed by atoms with E-state index in [2.05, 4.69) is 26.2 Å². The Balaban J connectivity index is 2.22. The number of anilines is 1. The lowest BCUT2D eigenvalue weighted by Crippen LogP contribution is -2.35. The van der Waals surface area contributed by atoms with Crippen LogP contribution in [0.4, 0.5) is 5.82 Å². The molecule has 1 saturated heterocycles. The van der Waals surface area contributed by atoms with Gasteiger partial charge < -0.3 is 10.1 Å². The number of pyridine rings is 1. The summed E-state index contributed by atoms with van der Waals surface area (Å²) in [6.45, 7) is 1.85. The van der Waals surface area contributed by atoms with Crippen LogP contribution in [0, 0.1) is 5.92 Å². The molecule has 0 saturated carbocycles. The predicted octanol–water partition coefficient (Wildman–Crippen LogP) is 1.93. The zero-order chi connectivity index (χ0) is 15.5. The maximum absolute atomic E-state index is 12.7. The quantitative estimate of drug-likeness (QED) is 0.848. The number of hydrogen-bond donors (Lipinski definition) is 1. The molecule has 1 aliphatic heterocycles. The average molecular weight is 378 g/mol. The summed E-state index contributed by atoms with van der Waals surface area (Å²) >= 11 is 3.27. The Kier molecular flexibility index (Phi) is 5.59. The molecule has 118 valence electrons. The second-order valence-electron chi connectivity index (χ2n) is 5.12. The monoisotopic (exact) mass is 377 g/mol. The fourth-order valence-corrected chi connectivity index (χ4v) is 4.29. The second kappa shape index (κ2) is 7.04. The van der Waals surface area contributed by atoms with Gasteiger partial charge in [-0.25, -0.2) is 17.7 Å². The van der Waals surface area contributed by atoms with E-state index >= 15 is 0 Å². The van der Waals surface area contributed by atoms with Crippen LogP contribution in [0.25, 0.3) is 0 Å². The lowest BCUT2D eigenvalue weighted by molar-refractivity contribution is 0.0495. The smallest absolute Gasteiger partial charge is 0.246 e. The van der Waals surface area contributed by atoms with Crippen molar-refractivity contribution in [2.24, 2.45) is 5.92 Å². The van der Waals surface area contributed by atoms with Crippen molar-refractivity contribution in [1.29, 1.82) is 0 Å². The summed E-state index contributed by atoms with van der Waals surface area (Å²) in [6, 6.07) is 1.57. The third kappa shape index (κ3) is 3.94. The van der Waals surface area contributed by atoms with Gasteiger partial charge in [-0.2, -0.15) is 0 Å². The number of halogens is 1. The molecule has 1 aromatic heterocycles. The fraction of sp³-hybridized carbons (Fsp3) is 0.615. The van der Waals surface area contributed by atoms with Gasteiger partial charge in [-0.1, -0.05) is 0 Å². The average Bonchev–Trinajstić information content (AvgIpc) is 2.48. The number of nitrogens with zero attached hydrogens (tertiary/aromatic N) is 2. The van der Waals surface area contributed by atoms with Crippen LogP contribution in [0.1, 0.15) is 12.8 Å². The van der Waals surface area contributed by atoms with E-state index in [4.69, 9.17) is 4.74 Å². The number of sulfonamides is 1. The third-order valence-corrected chi connectivity index (χ3v) is 5.78. The molecule has 8 heteroatoms. The number of aromatic nitrogens is 1. The number of nitrogens with one attached hydrogen (secondary N) is 1. The summed E-state index contributed by atoms with van der Waals surface area (Å²) in [4.78, 5) is 4.28. The molecule has 1 atom stereocenters. The molecule has 0 amide bonds. The van der Waals surface area contributed by atoms with Crippen molar-refractivity contribution in [3.05, 3.63) is 16.7 Å². The van der Waals surface area contributed by atoms with Gasteiger partial charge in [-0.3, -0.25) is 0 Å². The van der Waals surface area contributed by atoms with E-state index in [-0.39, 0.29) is 10.8 Å². The van der Waals surface area contributed by atoms with Crippen molar-refractivity contribution in [3.63, 3.8) is 0 Å². The van der Waals surface area contributed by atoms with Gasteiger partial charge in [-0.05, 0) is 40.8 Å². The van der Waals surface area contributed by atoms with Crippen LogP contribution in [-0.2, 0) is 14.8 Å². The molecule has 0 spiro atoms. The molecule has 21 heavy (non-hydrogen) atoms. The van der Waals surface area contributed by atoms with Gasteiger partial charge in [0.1, 0.15) is 10.7 Å². The molecular formula is C13H20BrN3O3S. The molecule has 2 rings (SSSR count). The van der Waals surface area contributed by atoms with Gasteiger partial charge in [0.05, 0.1) is 6.61 Å². The third-order valence-electron chi connectivity index (χ3n) is 3.51. The zero-order valence-electron chi connectivity index (χ0n) is 12.2. The van der Waals surface area contributed by atoms with Crippen LogP contribution < -0.4 is 5.32 Å². The minimum Gasteiger partial charge on any atom is -0.381 e. The molecule has 1 unspecified atom stereocenters. The first kappa shape index (κ1) is 16.7. The second-order valence-corrected chi connectivity index (χ2v) is 8.05. The molecule has 1 aromatic rings. The normalized spacial score (nSPS) is 19.7. The van der Waals surface area contributed by atoms with Crippen molar-refractivity contribution in [3.8, 4) is 0 Å². The van der Waals surface area contributed by atoms with Gasteiger partial charge in [0.2, 0.25) is 10.0 Å². The van der Waals surface area contributed by atoms with Gasteiger partial charge in [0, 0.05) is 37.9 Å². The van der Waals surface area contributed by atoms with Gasteiger partial charge in [0.25, 0.3) is 0 Å². The lowest BCUT2D eigenvalue weighted by Gasteiger charge is -2.27. The van der Waals surface area contributed by atoms with Crippen LogP contribution in [0.5, 0.6) is 0 Å². The summed E-state index contributed by atoms with van der Waals surface area (Å²) < 4.78 is 32.9. The maximum atomic E-state index is 12.7. The van der Waals surface area contributed by atoms with Crippen molar-refractivity contribution >= 4 is 31.8 Å². The standard InChI is InChI=1S/C13H20BrN3O3S/c1-15-13-12(6-11(14)7-16-13)21(18,19)17(2)8-10-4-3-5-20-9-10/h6-7,10H,3-5,8-9H2,1-2H3,(H,15,16). The topological polar surface area (TPSA) is 71.5 Å². The largest absolute Gasteiger partial charge is 0.381 e. The predicted molar refractivity (Wildman–Crippen MR) is 84.8 cm³/mol. The molecule has 0 radical (unpaired) electrons. The van der Waals surface area contributed by atoms with E-state index in [9.17, 15) is 8.42 Å². The highest BCUT2D eigenvalue weighted by Crippen LogP contribution is 2.26. The molecule has 1 N–H and O–H groups in total. The van der Waals surface area contributed by atoms with Crippen molar-refractivity contribution in [1.82, 2.24) is 9.29 Å². The molecule has 2 heterocycles. The first-order valence-electron chi connectivity index (χ1n) is 6.82. The molecule has 0 bridgehead atoms. The Morgan fingerprint density at radius 1 is 1.57 bits per heavy atom. The summed E-state index contributed by atoms with van der Waals surface area (Å²) in [5, 5.41) is 2.82. The summed E-state index contributed by atoms with van der Waals surface area (Å²) in [7, 11) is -0.322. The SMILES string of the molecule is CNc1ncc(Br)cc1S(=O)(=O)N(C)CC1CCCOC1. The van der Waals surface area contributed by atoms with Crippen LogP contribution in [-0.4, -0.2) is 51.6 Å². The van der Waals surface area contributed by atoms with Crippen LogP contribution in [0.3, 0.4) is 0 Å². The highest BCUT2D eigenvalue weighted by Gasteiger charge is 2.28. The first-order valence-corrected chi connectivity index (χ1v) is 9.06. The highest BCUT2D eigenvalue weighted by atomic mass is 79.9. The molecule has 1 aliphatic rings. The Labute approximate surface area is 134 Å². The number of rotatable bonds is 5. The Morgan fingerprint density at radius 3 is 2.95 bits per heavy atom. The Morgan fingerprint density at radius 2 is 2.33 bits per heavy atom. The minimum atomic E-state index is -3.58. The summed E-state index contributed by atoms with van der Waals surface area (Å²) in [5.74, 6) is 0.599. The van der Waals surface area contributed by atoms with E-state index in [0.717, 1.165) is 19.4 Å². The van der Waals surface area contributed by atoms with Gasteiger partial charge >= 0.3 is 0 Å². The van der Waals surface area contributed by atoms with Crippen LogP contribution in [0.2, 0.25) is 0 Å². The van der Waals surface area contributed by atoms with E-state index in [0.29, 0.717) is 23.4 Å². The van der Waals surface area contributed by atoms with Gasteiger partial charge in [0.15, 0.2) is 0 Å². The van der Waals surface area contributed by atoms with E-state index in [1.807, 2.05) is 0 Å². The Bertz CT molecular complexity index is 588. The molecular weight excluding hydrogens is 358 g/mol. The van der Waals surface area contributed by atoms with Gasteiger partial charge in [-0.15, -0.1) is 0 Å². The number of ether oxygens (including phenoxy) is 1. The van der Waals surface area contributed by atoms with E-state index < -0.39 is 10.0 Å². The summed E-state index contributed by atoms with van der Waals surface area (Å²) in [6.07, 6.45) is 3.55. The first-order chi connectivity index (χ1) is 9.95.